The molecular formula is C12H12ClN3OS. The van der Waals surface area contributed by atoms with Gasteiger partial charge in [0, 0.05) is 29.3 Å². The molecule has 2 N–H and O–H groups in total. The summed E-state index contributed by atoms with van der Waals surface area (Å²) in [6.45, 7) is 0.423. The molecule has 18 heavy (non-hydrogen) atoms. The average molecular weight is 282 g/mol. The highest BCUT2D eigenvalue weighted by Crippen LogP contribution is 2.20. The smallest absolute Gasteiger partial charge is 0.253 e. The van der Waals surface area contributed by atoms with Crippen molar-refractivity contribution in [2.45, 2.75) is 6.54 Å². The van der Waals surface area contributed by atoms with E-state index in [4.69, 9.17) is 11.6 Å². The van der Waals surface area contributed by atoms with Gasteiger partial charge in [-0.1, -0.05) is 11.6 Å². The van der Waals surface area contributed by atoms with Crippen LogP contribution in [0, 0.1) is 0 Å². The molecule has 0 bridgehead atoms. The number of hydrogen-bond acceptors (Lipinski definition) is 4. The maximum absolute atomic E-state index is 12.0. The van der Waals surface area contributed by atoms with Gasteiger partial charge in [-0.2, -0.15) is 0 Å². The van der Waals surface area contributed by atoms with Crippen molar-refractivity contribution < 1.29 is 4.79 Å². The zero-order chi connectivity index (χ0) is 13.0. The van der Waals surface area contributed by atoms with Gasteiger partial charge in [0.15, 0.2) is 0 Å². The first-order chi connectivity index (χ1) is 8.70. The fourth-order valence-corrected chi connectivity index (χ4v) is 2.24. The minimum Gasteiger partial charge on any atom is -0.387 e. The number of aromatic nitrogens is 1. The molecule has 2 rings (SSSR count). The fraction of sp³-hybridized carbons (Fsp3) is 0.167. The number of thiazole rings is 1. The molecule has 0 unspecified atom stereocenters. The molecule has 0 atom stereocenters. The lowest BCUT2D eigenvalue weighted by Crippen LogP contribution is -2.23. The van der Waals surface area contributed by atoms with Crippen molar-refractivity contribution in [3.8, 4) is 0 Å². The molecule has 0 fully saturated rings. The molecule has 0 aliphatic carbocycles. The molecule has 1 heterocycles. The lowest BCUT2D eigenvalue weighted by Gasteiger charge is -2.09. The topological polar surface area (TPSA) is 54.0 Å². The highest BCUT2D eigenvalue weighted by molar-refractivity contribution is 7.09. The van der Waals surface area contributed by atoms with Crippen LogP contribution in [0.3, 0.4) is 0 Å². The lowest BCUT2D eigenvalue weighted by molar-refractivity contribution is 0.0951. The number of benzene rings is 1. The van der Waals surface area contributed by atoms with Crippen LogP contribution < -0.4 is 10.6 Å². The van der Waals surface area contributed by atoms with Crippen molar-refractivity contribution >= 4 is 34.5 Å². The van der Waals surface area contributed by atoms with Crippen LogP contribution in [0.25, 0.3) is 0 Å². The summed E-state index contributed by atoms with van der Waals surface area (Å²) in [5.74, 6) is -0.169. The zero-order valence-corrected chi connectivity index (χ0v) is 11.3. The van der Waals surface area contributed by atoms with Crippen molar-refractivity contribution in [3.05, 3.63) is 45.4 Å². The van der Waals surface area contributed by atoms with Gasteiger partial charge in [0.1, 0.15) is 5.01 Å². The number of rotatable bonds is 4. The van der Waals surface area contributed by atoms with Crippen LogP contribution in [-0.2, 0) is 6.54 Å². The van der Waals surface area contributed by atoms with Crippen LogP contribution in [0.5, 0.6) is 0 Å². The molecule has 0 radical (unpaired) electrons. The fourth-order valence-electron chi connectivity index (χ4n) is 1.51. The van der Waals surface area contributed by atoms with E-state index < -0.39 is 0 Å². The number of carbonyl (C=O) groups excluding carboxylic acids is 1. The van der Waals surface area contributed by atoms with Gasteiger partial charge in [-0.15, -0.1) is 11.3 Å². The molecule has 0 spiro atoms. The molecule has 0 aliphatic heterocycles. The number of nitrogens with zero attached hydrogens (tertiary/aromatic N) is 1. The van der Waals surface area contributed by atoms with E-state index in [1.54, 1.807) is 31.4 Å². The van der Waals surface area contributed by atoms with E-state index in [1.165, 1.54) is 11.3 Å². The maximum atomic E-state index is 12.0. The summed E-state index contributed by atoms with van der Waals surface area (Å²) in [6.07, 6.45) is 1.71. The van der Waals surface area contributed by atoms with E-state index in [-0.39, 0.29) is 5.91 Å². The predicted molar refractivity (Wildman–Crippen MR) is 74.3 cm³/mol. The molecule has 1 aromatic carbocycles. The van der Waals surface area contributed by atoms with Gasteiger partial charge in [-0.3, -0.25) is 4.79 Å². The number of nitrogens with one attached hydrogen (secondary N) is 2. The van der Waals surface area contributed by atoms with E-state index in [2.05, 4.69) is 15.6 Å². The third-order valence-corrected chi connectivity index (χ3v) is 3.39. The Kier molecular flexibility index (Phi) is 4.17. The van der Waals surface area contributed by atoms with E-state index in [9.17, 15) is 4.79 Å². The van der Waals surface area contributed by atoms with Gasteiger partial charge >= 0.3 is 0 Å². The maximum Gasteiger partial charge on any atom is 0.253 e. The average Bonchev–Trinajstić information content (AvgIpc) is 2.89. The molecular weight excluding hydrogens is 270 g/mol. The SMILES string of the molecule is CNc1ccc(Cl)cc1C(=O)NCc1nccs1. The molecule has 2 aromatic rings. The second-order valence-corrected chi connectivity index (χ2v) is 4.96. The van der Waals surface area contributed by atoms with Crippen LogP contribution in [0.4, 0.5) is 5.69 Å². The summed E-state index contributed by atoms with van der Waals surface area (Å²) in [4.78, 5) is 16.1. The lowest BCUT2D eigenvalue weighted by atomic mass is 10.1. The summed E-state index contributed by atoms with van der Waals surface area (Å²) >= 11 is 7.41. The number of amides is 1. The Hall–Kier alpha value is -1.59. The van der Waals surface area contributed by atoms with Crippen molar-refractivity contribution in [3.63, 3.8) is 0 Å². The third kappa shape index (κ3) is 3.00. The molecule has 0 saturated carbocycles. The molecule has 6 heteroatoms. The number of hydrogen-bond donors (Lipinski definition) is 2. The normalized spacial score (nSPS) is 10.1. The molecule has 0 aliphatic rings. The van der Waals surface area contributed by atoms with E-state index in [0.29, 0.717) is 17.1 Å². The van der Waals surface area contributed by atoms with Crippen LogP contribution in [0.2, 0.25) is 5.02 Å². The summed E-state index contributed by atoms with van der Waals surface area (Å²) in [6, 6.07) is 5.16. The Morgan fingerprint density at radius 3 is 3.00 bits per heavy atom. The minimum atomic E-state index is -0.169. The van der Waals surface area contributed by atoms with Crippen molar-refractivity contribution in [1.29, 1.82) is 0 Å². The van der Waals surface area contributed by atoms with Gasteiger partial charge in [-0.25, -0.2) is 4.98 Å². The quantitative estimate of drug-likeness (QED) is 0.906. The van der Waals surface area contributed by atoms with Gasteiger partial charge < -0.3 is 10.6 Å². The van der Waals surface area contributed by atoms with E-state index in [0.717, 1.165) is 10.7 Å². The van der Waals surface area contributed by atoms with Crippen molar-refractivity contribution in [2.75, 3.05) is 12.4 Å². The van der Waals surface area contributed by atoms with Gasteiger partial charge in [-0.05, 0) is 18.2 Å². The van der Waals surface area contributed by atoms with Crippen LogP contribution in [0.15, 0.2) is 29.8 Å². The molecule has 94 valence electrons. The molecule has 0 saturated heterocycles. The van der Waals surface area contributed by atoms with Crippen molar-refractivity contribution in [1.82, 2.24) is 10.3 Å². The second-order valence-electron chi connectivity index (χ2n) is 3.55. The van der Waals surface area contributed by atoms with Crippen LogP contribution in [0.1, 0.15) is 15.4 Å². The third-order valence-electron chi connectivity index (χ3n) is 2.38. The number of anilines is 1. The van der Waals surface area contributed by atoms with Gasteiger partial charge in [0.05, 0.1) is 12.1 Å². The largest absolute Gasteiger partial charge is 0.387 e. The predicted octanol–water partition coefficient (Wildman–Crippen LogP) is 2.77. The highest BCUT2D eigenvalue weighted by Gasteiger charge is 2.11. The Morgan fingerprint density at radius 1 is 1.50 bits per heavy atom. The Morgan fingerprint density at radius 2 is 2.33 bits per heavy atom. The first-order valence-electron chi connectivity index (χ1n) is 5.34. The number of carbonyl (C=O) groups is 1. The minimum absolute atomic E-state index is 0.169. The summed E-state index contributed by atoms with van der Waals surface area (Å²) in [5, 5.41) is 9.06. The monoisotopic (exact) mass is 281 g/mol. The van der Waals surface area contributed by atoms with Crippen LogP contribution >= 0.6 is 22.9 Å². The second kappa shape index (κ2) is 5.84. The Labute approximate surface area is 114 Å². The van der Waals surface area contributed by atoms with Gasteiger partial charge in [0.2, 0.25) is 0 Å². The Balaban J connectivity index is 2.10. The van der Waals surface area contributed by atoms with E-state index in [1.807, 2.05) is 5.38 Å². The first kappa shape index (κ1) is 12.9. The molecule has 1 amide bonds. The summed E-state index contributed by atoms with van der Waals surface area (Å²) < 4.78 is 0. The van der Waals surface area contributed by atoms with E-state index >= 15 is 0 Å². The van der Waals surface area contributed by atoms with Gasteiger partial charge in [0.25, 0.3) is 5.91 Å². The molecule has 4 nitrogen and oxygen atoms in total. The summed E-state index contributed by atoms with van der Waals surface area (Å²) in [7, 11) is 1.76. The zero-order valence-electron chi connectivity index (χ0n) is 9.74. The van der Waals surface area contributed by atoms with Crippen molar-refractivity contribution in [2.24, 2.45) is 0 Å². The standard InChI is InChI=1S/C12H12ClN3OS/c1-14-10-3-2-8(13)6-9(10)12(17)16-7-11-15-4-5-18-11/h2-6,14H,7H2,1H3,(H,16,17). The first-order valence-corrected chi connectivity index (χ1v) is 6.60. The summed E-state index contributed by atoms with van der Waals surface area (Å²) in [5.41, 5.74) is 1.28. The number of halogens is 1. The highest BCUT2D eigenvalue weighted by atomic mass is 35.5. The molecule has 1 aromatic heterocycles. The Bertz CT molecular complexity index is 542. The van der Waals surface area contributed by atoms with Crippen LogP contribution in [-0.4, -0.2) is 17.9 Å².